The van der Waals surface area contributed by atoms with E-state index >= 15 is 0 Å². The lowest BCUT2D eigenvalue weighted by Gasteiger charge is -2.29. The standard InChI is InChI=1S/C23H29N3O2.2ClH/c1-16-6-2-3-7-19(16)22-20-13-24-12-17(20)14-26(22)23(27)21-9-8-18(28-21)15-25-10-4-5-11-25;;/h2-3,6-9,17,20,22,24H,4-5,10-15H2,1H3;2*1H/t17-,20-,22-;;/m0../s1. The minimum absolute atomic E-state index is 0. The van der Waals surface area contributed by atoms with Crippen LogP contribution in [-0.4, -0.2) is 48.4 Å². The van der Waals surface area contributed by atoms with Crippen LogP contribution >= 0.6 is 24.8 Å². The van der Waals surface area contributed by atoms with Crippen molar-refractivity contribution in [3.05, 3.63) is 59.0 Å². The SMILES string of the molecule is Cc1ccccc1[C@H]1[C@H]2CNC[C@H]2CN1C(=O)c1ccc(CN2CCCC2)o1.Cl.Cl. The quantitative estimate of drug-likeness (QED) is 0.760. The highest BCUT2D eigenvalue weighted by molar-refractivity contribution is 5.92. The van der Waals surface area contributed by atoms with E-state index in [4.69, 9.17) is 4.42 Å². The number of carbonyl (C=O) groups is 1. The molecule has 164 valence electrons. The monoisotopic (exact) mass is 451 g/mol. The van der Waals surface area contributed by atoms with Crippen molar-refractivity contribution in [2.75, 3.05) is 32.7 Å². The van der Waals surface area contributed by atoms with Crippen molar-refractivity contribution in [1.82, 2.24) is 15.1 Å². The van der Waals surface area contributed by atoms with E-state index in [9.17, 15) is 4.79 Å². The Morgan fingerprint density at radius 1 is 1.10 bits per heavy atom. The highest BCUT2D eigenvalue weighted by Gasteiger charge is 2.47. The van der Waals surface area contributed by atoms with Gasteiger partial charge in [-0.2, -0.15) is 0 Å². The summed E-state index contributed by atoms with van der Waals surface area (Å²) < 4.78 is 6.01. The molecule has 3 saturated heterocycles. The van der Waals surface area contributed by atoms with Crippen LogP contribution < -0.4 is 5.32 Å². The average molecular weight is 452 g/mol. The van der Waals surface area contributed by atoms with E-state index in [1.165, 1.54) is 24.0 Å². The zero-order chi connectivity index (χ0) is 19.1. The van der Waals surface area contributed by atoms with Gasteiger partial charge >= 0.3 is 0 Å². The minimum Gasteiger partial charge on any atom is -0.455 e. The highest BCUT2D eigenvalue weighted by atomic mass is 35.5. The smallest absolute Gasteiger partial charge is 0.290 e. The van der Waals surface area contributed by atoms with E-state index in [2.05, 4.69) is 46.3 Å². The van der Waals surface area contributed by atoms with E-state index in [0.29, 0.717) is 17.6 Å². The molecule has 3 fully saturated rings. The van der Waals surface area contributed by atoms with Crippen LogP contribution in [0, 0.1) is 18.8 Å². The predicted octanol–water partition coefficient (Wildman–Crippen LogP) is 4.06. The third kappa shape index (κ3) is 4.26. The molecule has 1 aromatic carbocycles. The van der Waals surface area contributed by atoms with Gasteiger partial charge in [0, 0.05) is 25.6 Å². The van der Waals surface area contributed by atoms with E-state index in [1.807, 2.05) is 12.1 Å². The lowest BCUT2D eigenvalue weighted by Crippen LogP contribution is -2.34. The van der Waals surface area contributed by atoms with Gasteiger partial charge in [-0.25, -0.2) is 0 Å². The molecule has 3 aliphatic heterocycles. The first kappa shape index (κ1) is 23.1. The van der Waals surface area contributed by atoms with Crippen LogP contribution in [0.2, 0.25) is 0 Å². The summed E-state index contributed by atoms with van der Waals surface area (Å²) in [4.78, 5) is 17.9. The first-order valence-electron chi connectivity index (χ1n) is 10.6. The zero-order valence-electron chi connectivity index (χ0n) is 17.4. The summed E-state index contributed by atoms with van der Waals surface area (Å²) in [7, 11) is 0. The third-order valence-electron chi connectivity index (χ3n) is 6.78. The molecule has 0 saturated carbocycles. The van der Waals surface area contributed by atoms with Crippen molar-refractivity contribution in [3.63, 3.8) is 0 Å². The maximum absolute atomic E-state index is 13.4. The Morgan fingerprint density at radius 2 is 1.87 bits per heavy atom. The van der Waals surface area contributed by atoms with E-state index < -0.39 is 0 Å². The fourth-order valence-electron chi connectivity index (χ4n) is 5.33. The van der Waals surface area contributed by atoms with E-state index in [-0.39, 0.29) is 36.8 Å². The maximum atomic E-state index is 13.4. The van der Waals surface area contributed by atoms with Crippen molar-refractivity contribution in [2.24, 2.45) is 11.8 Å². The van der Waals surface area contributed by atoms with Crippen LogP contribution in [0.15, 0.2) is 40.8 Å². The van der Waals surface area contributed by atoms with E-state index in [1.54, 1.807) is 0 Å². The summed E-state index contributed by atoms with van der Waals surface area (Å²) in [5.41, 5.74) is 2.53. The third-order valence-corrected chi connectivity index (χ3v) is 6.78. The molecule has 7 heteroatoms. The van der Waals surface area contributed by atoms with Gasteiger partial charge in [-0.3, -0.25) is 9.69 Å². The van der Waals surface area contributed by atoms with E-state index in [0.717, 1.165) is 45.0 Å². The summed E-state index contributed by atoms with van der Waals surface area (Å²) in [5, 5.41) is 3.52. The molecule has 1 aromatic heterocycles. The molecule has 0 unspecified atom stereocenters. The molecule has 5 nitrogen and oxygen atoms in total. The normalized spacial score (nSPS) is 25.6. The van der Waals surface area contributed by atoms with Gasteiger partial charge in [0.05, 0.1) is 12.6 Å². The molecule has 0 radical (unpaired) electrons. The fourth-order valence-corrected chi connectivity index (χ4v) is 5.33. The zero-order valence-corrected chi connectivity index (χ0v) is 19.0. The Labute approximate surface area is 191 Å². The van der Waals surface area contributed by atoms with Crippen LogP contribution in [0.1, 0.15) is 46.3 Å². The van der Waals surface area contributed by atoms with Crippen molar-refractivity contribution in [1.29, 1.82) is 0 Å². The molecule has 1 amide bonds. The second-order valence-corrected chi connectivity index (χ2v) is 8.59. The molecule has 5 rings (SSSR count). The fraction of sp³-hybridized carbons (Fsp3) is 0.522. The second kappa shape index (κ2) is 9.73. The Bertz CT molecular complexity index is 866. The number of hydrogen-bond donors (Lipinski definition) is 1. The number of likely N-dealkylation sites (tertiary alicyclic amines) is 2. The number of benzene rings is 1. The topological polar surface area (TPSA) is 48.7 Å². The van der Waals surface area contributed by atoms with Gasteiger partial charge in [-0.15, -0.1) is 24.8 Å². The lowest BCUT2D eigenvalue weighted by atomic mass is 9.87. The van der Waals surface area contributed by atoms with Crippen LogP contribution in [0.25, 0.3) is 0 Å². The number of fused-ring (bicyclic) bond motifs is 1. The predicted molar refractivity (Wildman–Crippen MR) is 123 cm³/mol. The number of nitrogens with one attached hydrogen (secondary N) is 1. The molecule has 0 bridgehead atoms. The van der Waals surface area contributed by atoms with Gasteiger partial charge in [-0.1, -0.05) is 24.3 Å². The number of halogens is 2. The van der Waals surface area contributed by atoms with Gasteiger partial charge in [0.25, 0.3) is 5.91 Å². The van der Waals surface area contributed by atoms with Crippen LogP contribution in [0.5, 0.6) is 0 Å². The molecule has 1 N–H and O–H groups in total. The summed E-state index contributed by atoms with van der Waals surface area (Å²) in [6, 6.07) is 12.5. The van der Waals surface area contributed by atoms with Gasteiger partial charge < -0.3 is 14.6 Å². The number of amides is 1. The molecule has 3 aliphatic rings. The van der Waals surface area contributed by atoms with Crippen molar-refractivity contribution in [2.45, 2.75) is 32.4 Å². The first-order valence-corrected chi connectivity index (χ1v) is 10.6. The number of aryl methyl sites for hydroxylation is 1. The Balaban J connectivity index is 0.00000128. The minimum atomic E-state index is 0. The number of nitrogens with zero attached hydrogens (tertiary/aromatic N) is 2. The summed E-state index contributed by atoms with van der Waals surface area (Å²) in [5.74, 6) is 2.42. The molecule has 0 spiro atoms. The molecule has 4 heterocycles. The average Bonchev–Trinajstić information content (AvgIpc) is 3.47. The second-order valence-electron chi connectivity index (χ2n) is 8.59. The van der Waals surface area contributed by atoms with Gasteiger partial charge in [-0.05, 0) is 62.0 Å². The lowest BCUT2D eigenvalue weighted by molar-refractivity contribution is 0.0677. The van der Waals surface area contributed by atoms with Crippen molar-refractivity contribution < 1.29 is 9.21 Å². The largest absolute Gasteiger partial charge is 0.455 e. The summed E-state index contributed by atoms with van der Waals surface area (Å²) in [6.45, 7) is 7.99. The molecule has 2 aromatic rings. The van der Waals surface area contributed by atoms with Gasteiger partial charge in [0.2, 0.25) is 0 Å². The number of carbonyl (C=O) groups excluding carboxylic acids is 1. The highest BCUT2D eigenvalue weighted by Crippen LogP contribution is 2.44. The number of hydrogen-bond acceptors (Lipinski definition) is 4. The Kier molecular flexibility index (Phi) is 7.51. The van der Waals surface area contributed by atoms with Crippen LogP contribution in [-0.2, 0) is 6.54 Å². The van der Waals surface area contributed by atoms with Gasteiger partial charge in [0.1, 0.15) is 5.76 Å². The summed E-state index contributed by atoms with van der Waals surface area (Å²) in [6.07, 6.45) is 2.52. The molecule has 30 heavy (non-hydrogen) atoms. The van der Waals surface area contributed by atoms with Crippen LogP contribution in [0.4, 0.5) is 0 Å². The molecular formula is C23H31Cl2N3O2. The van der Waals surface area contributed by atoms with Crippen molar-refractivity contribution >= 4 is 30.7 Å². The maximum Gasteiger partial charge on any atom is 0.290 e. The van der Waals surface area contributed by atoms with Gasteiger partial charge in [0.15, 0.2) is 5.76 Å². The Morgan fingerprint density at radius 3 is 2.63 bits per heavy atom. The molecule has 3 atom stereocenters. The number of rotatable bonds is 4. The first-order chi connectivity index (χ1) is 13.7. The summed E-state index contributed by atoms with van der Waals surface area (Å²) >= 11 is 0. The van der Waals surface area contributed by atoms with Crippen molar-refractivity contribution in [3.8, 4) is 0 Å². The number of furan rings is 1. The van der Waals surface area contributed by atoms with Crippen LogP contribution in [0.3, 0.4) is 0 Å². The molecular weight excluding hydrogens is 421 g/mol. The molecule has 0 aliphatic carbocycles. The Hall–Kier alpha value is -1.53.